The summed E-state index contributed by atoms with van der Waals surface area (Å²) in [4.78, 5) is 12.6. The number of esters is 1. The molecule has 0 aromatic heterocycles. The summed E-state index contributed by atoms with van der Waals surface area (Å²) in [5.41, 5.74) is -5.11. The average Bonchev–Trinajstić information content (AvgIpc) is 2.80. The van der Waals surface area contributed by atoms with Crippen molar-refractivity contribution in [2.45, 2.75) is 44.6 Å². The van der Waals surface area contributed by atoms with Gasteiger partial charge in [-0.3, -0.25) is 4.79 Å². The van der Waals surface area contributed by atoms with Gasteiger partial charge in [-0.2, -0.15) is 26.3 Å². The molecule has 0 fully saturated rings. The van der Waals surface area contributed by atoms with Gasteiger partial charge < -0.3 is 9.47 Å². The average molecular weight is 548 g/mol. The van der Waals surface area contributed by atoms with Gasteiger partial charge in [0.25, 0.3) is 0 Å². The summed E-state index contributed by atoms with van der Waals surface area (Å²) in [5.74, 6) is -5.41. The van der Waals surface area contributed by atoms with Crippen LogP contribution < -0.4 is 4.74 Å². The molecule has 2 atom stereocenters. The molecule has 0 saturated carbocycles. The van der Waals surface area contributed by atoms with Crippen LogP contribution in [-0.4, -0.2) is 24.9 Å². The van der Waals surface area contributed by atoms with Gasteiger partial charge in [0.15, 0.2) is 0 Å². The molecule has 0 heterocycles. The first-order valence-electron chi connectivity index (χ1n) is 11.5. The number of hydrogen-bond donors (Lipinski definition) is 0. The molecule has 3 nitrogen and oxygen atoms in total. The highest BCUT2D eigenvalue weighted by atomic mass is 19.4. The molecule has 2 aromatic rings. The lowest BCUT2D eigenvalue weighted by molar-refractivity contribution is -0.211. The van der Waals surface area contributed by atoms with Crippen molar-refractivity contribution >= 4 is 11.5 Å². The number of hydrogen-bond acceptors (Lipinski definition) is 3. The number of methoxy groups -OCH3 is 1. The fraction of sp³-hybridized carbons (Fsp3) is 0.370. The molecule has 0 bridgehead atoms. The van der Waals surface area contributed by atoms with Gasteiger partial charge in [0.05, 0.1) is 18.6 Å². The normalized spacial score (nSPS) is 19.1. The fourth-order valence-electron chi connectivity index (χ4n) is 4.27. The van der Waals surface area contributed by atoms with E-state index in [2.05, 4.69) is 0 Å². The lowest BCUT2D eigenvalue weighted by Crippen LogP contribution is -2.49. The van der Waals surface area contributed by atoms with Crippen LogP contribution in [0.1, 0.15) is 37.8 Å². The SMILES string of the molecule is COC(=O)C(CC(C)C)C1=CC(Oc2cc(F)cc(C(F)(F)F)c2)(C(F)(F)F)C=C(c2cccc(F)c2)C1. The Hall–Kier alpha value is -3.37. The monoisotopic (exact) mass is 548 g/mol. The molecule has 0 N–H and O–H groups in total. The van der Waals surface area contributed by atoms with Crippen LogP contribution in [0, 0.1) is 23.5 Å². The van der Waals surface area contributed by atoms with Gasteiger partial charge in [-0.1, -0.05) is 31.6 Å². The van der Waals surface area contributed by atoms with Crippen LogP contribution in [0.15, 0.2) is 60.2 Å². The molecule has 0 radical (unpaired) electrons. The summed E-state index contributed by atoms with van der Waals surface area (Å²) < 4.78 is 122. The van der Waals surface area contributed by atoms with Crippen molar-refractivity contribution in [2.75, 3.05) is 7.11 Å². The van der Waals surface area contributed by atoms with Crippen molar-refractivity contribution in [1.29, 1.82) is 0 Å². The Balaban J connectivity index is 2.28. The highest BCUT2D eigenvalue weighted by Crippen LogP contribution is 2.47. The first kappa shape index (κ1) is 29.2. The summed E-state index contributed by atoms with van der Waals surface area (Å²) in [6, 6.07) is 5.45. The van der Waals surface area contributed by atoms with Crippen molar-refractivity contribution in [3.63, 3.8) is 0 Å². The topological polar surface area (TPSA) is 35.5 Å². The van der Waals surface area contributed by atoms with E-state index in [1.165, 1.54) is 12.1 Å². The van der Waals surface area contributed by atoms with E-state index in [0.717, 1.165) is 19.2 Å². The number of carbonyl (C=O) groups is 1. The van der Waals surface area contributed by atoms with E-state index < -0.39 is 52.8 Å². The van der Waals surface area contributed by atoms with E-state index in [1.54, 1.807) is 13.8 Å². The van der Waals surface area contributed by atoms with Crippen LogP contribution in [0.3, 0.4) is 0 Å². The molecule has 206 valence electrons. The number of carbonyl (C=O) groups excluding carboxylic acids is 1. The van der Waals surface area contributed by atoms with Gasteiger partial charge in [-0.05, 0) is 66.3 Å². The first-order valence-corrected chi connectivity index (χ1v) is 11.5. The second kappa shape index (κ2) is 10.8. The molecule has 0 saturated heterocycles. The summed E-state index contributed by atoms with van der Waals surface area (Å²) in [7, 11) is 1.07. The van der Waals surface area contributed by atoms with Crippen LogP contribution >= 0.6 is 0 Å². The number of benzene rings is 2. The highest BCUT2D eigenvalue weighted by molar-refractivity contribution is 5.79. The molecule has 1 aliphatic carbocycles. The Morgan fingerprint density at radius 3 is 2.21 bits per heavy atom. The van der Waals surface area contributed by atoms with Gasteiger partial charge in [-0.15, -0.1) is 0 Å². The molecule has 11 heteroatoms. The van der Waals surface area contributed by atoms with Crippen LogP contribution in [0.2, 0.25) is 0 Å². The maximum absolute atomic E-state index is 14.7. The second-order valence-corrected chi connectivity index (χ2v) is 9.35. The molecule has 0 amide bonds. The molecule has 0 aliphatic heterocycles. The van der Waals surface area contributed by atoms with E-state index >= 15 is 0 Å². The maximum atomic E-state index is 14.7. The summed E-state index contributed by atoms with van der Waals surface area (Å²) in [6.07, 6.45) is -9.28. The van der Waals surface area contributed by atoms with Crippen molar-refractivity contribution in [3.8, 4) is 5.75 Å². The molecule has 0 spiro atoms. The Bertz CT molecular complexity index is 1240. The van der Waals surface area contributed by atoms with Crippen molar-refractivity contribution in [1.82, 2.24) is 0 Å². The summed E-state index contributed by atoms with van der Waals surface area (Å²) >= 11 is 0. The Morgan fingerprint density at radius 2 is 1.66 bits per heavy atom. The third kappa shape index (κ3) is 6.54. The van der Waals surface area contributed by atoms with Crippen LogP contribution in [-0.2, 0) is 15.7 Å². The minimum absolute atomic E-state index is 0.0382. The second-order valence-electron chi connectivity index (χ2n) is 9.35. The number of alkyl halides is 6. The van der Waals surface area contributed by atoms with Crippen LogP contribution in [0.4, 0.5) is 35.1 Å². The zero-order valence-electron chi connectivity index (χ0n) is 20.5. The smallest absolute Gasteiger partial charge is 0.435 e. The predicted octanol–water partition coefficient (Wildman–Crippen LogP) is 7.91. The van der Waals surface area contributed by atoms with E-state index in [-0.39, 0.29) is 47.6 Å². The van der Waals surface area contributed by atoms with Gasteiger partial charge in [0.1, 0.15) is 17.4 Å². The van der Waals surface area contributed by atoms with E-state index in [0.29, 0.717) is 18.2 Å². The van der Waals surface area contributed by atoms with E-state index in [4.69, 9.17) is 9.47 Å². The van der Waals surface area contributed by atoms with E-state index in [1.807, 2.05) is 0 Å². The Morgan fingerprint density at radius 1 is 0.974 bits per heavy atom. The molecule has 1 aliphatic rings. The standard InChI is InChI=1S/C27H24F8O3/c1-15(2)7-23(24(36)37-3)18-8-17(16-5-4-6-20(28)9-16)13-25(14-18,27(33,34)35)38-22-11-19(26(30,31)32)10-21(29)12-22/h4-6,9-15,23H,7-8H2,1-3H3. The highest BCUT2D eigenvalue weighted by Gasteiger charge is 2.57. The quantitative estimate of drug-likeness (QED) is 0.200. The van der Waals surface area contributed by atoms with Crippen molar-refractivity contribution in [3.05, 3.63) is 83.0 Å². The number of ether oxygens (including phenoxy) is 2. The molecular weight excluding hydrogens is 524 g/mol. The zero-order valence-corrected chi connectivity index (χ0v) is 20.5. The minimum Gasteiger partial charge on any atom is -0.469 e. The van der Waals surface area contributed by atoms with Gasteiger partial charge in [-0.25, -0.2) is 8.78 Å². The maximum Gasteiger partial charge on any atom is 0.435 e. The lowest BCUT2D eigenvalue weighted by Gasteiger charge is -2.37. The molecule has 38 heavy (non-hydrogen) atoms. The third-order valence-corrected chi connectivity index (χ3v) is 5.95. The van der Waals surface area contributed by atoms with Gasteiger partial charge in [0.2, 0.25) is 5.60 Å². The number of rotatable bonds is 7. The molecular formula is C27H24F8O3. The van der Waals surface area contributed by atoms with Crippen LogP contribution in [0.5, 0.6) is 5.75 Å². The molecule has 3 rings (SSSR count). The number of allylic oxidation sites excluding steroid dienone is 1. The predicted molar refractivity (Wildman–Crippen MR) is 123 cm³/mol. The fourth-order valence-corrected chi connectivity index (χ4v) is 4.27. The minimum atomic E-state index is -5.29. The first-order chi connectivity index (χ1) is 17.5. The van der Waals surface area contributed by atoms with Gasteiger partial charge in [0, 0.05) is 6.07 Å². The van der Waals surface area contributed by atoms with Crippen molar-refractivity contribution < 1.29 is 49.4 Å². The van der Waals surface area contributed by atoms with E-state index in [9.17, 15) is 39.9 Å². The zero-order chi connectivity index (χ0) is 28.5. The van der Waals surface area contributed by atoms with Crippen molar-refractivity contribution in [2.24, 2.45) is 11.8 Å². The number of halogens is 8. The summed E-state index contributed by atoms with van der Waals surface area (Å²) in [6.45, 7) is 3.48. The Labute approximate surface area is 213 Å². The Kier molecular flexibility index (Phi) is 8.28. The third-order valence-electron chi connectivity index (χ3n) is 5.95. The van der Waals surface area contributed by atoms with Crippen LogP contribution in [0.25, 0.3) is 5.57 Å². The largest absolute Gasteiger partial charge is 0.469 e. The lowest BCUT2D eigenvalue weighted by atomic mass is 9.77. The molecule has 2 unspecified atom stereocenters. The summed E-state index contributed by atoms with van der Waals surface area (Å²) in [5, 5.41) is 0. The molecule has 2 aromatic carbocycles. The van der Waals surface area contributed by atoms with Gasteiger partial charge >= 0.3 is 18.3 Å².